The van der Waals surface area contributed by atoms with Gasteiger partial charge in [-0.15, -0.1) is 11.3 Å². The number of sulfonamides is 1. The molecule has 1 rings (SSSR count). The van der Waals surface area contributed by atoms with Crippen LogP contribution in [0.3, 0.4) is 0 Å². The SMILES string of the molecule is CCOC(=O)c1cc(CC)sc1NS(C)(=O)=O. The van der Waals surface area contributed by atoms with Crippen LogP contribution < -0.4 is 4.72 Å². The lowest BCUT2D eigenvalue weighted by molar-refractivity contribution is 0.0528. The molecule has 0 spiro atoms. The molecule has 7 heteroatoms. The van der Waals surface area contributed by atoms with E-state index in [-0.39, 0.29) is 12.2 Å². The molecule has 1 heterocycles. The Morgan fingerprint density at radius 1 is 1.47 bits per heavy atom. The Hall–Kier alpha value is -1.08. The molecule has 1 aromatic rings. The van der Waals surface area contributed by atoms with Gasteiger partial charge in [0.05, 0.1) is 18.4 Å². The summed E-state index contributed by atoms with van der Waals surface area (Å²) in [4.78, 5) is 12.6. The lowest BCUT2D eigenvalue weighted by Gasteiger charge is -2.04. The normalized spacial score (nSPS) is 11.2. The molecular formula is C10H15NO4S2. The molecule has 0 aliphatic rings. The van der Waals surface area contributed by atoms with Crippen molar-refractivity contribution < 1.29 is 17.9 Å². The highest BCUT2D eigenvalue weighted by molar-refractivity contribution is 7.92. The second-order valence-electron chi connectivity index (χ2n) is 3.40. The zero-order chi connectivity index (χ0) is 13.1. The van der Waals surface area contributed by atoms with Crippen molar-refractivity contribution in [1.29, 1.82) is 0 Å². The summed E-state index contributed by atoms with van der Waals surface area (Å²) >= 11 is 1.25. The van der Waals surface area contributed by atoms with Gasteiger partial charge >= 0.3 is 5.97 Å². The van der Waals surface area contributed by atoms with E-state index in [1.54, 1.807) is 13.0 Å². The zero-order valence-electron chi connectivity index (χ0n) is 9.94. The van der Waals surface area contributed by atoms with Gasteiger partial charge in [0, 0.05) is 4.88 Å². The van der Waals surface area contributed by atoms with E-state index < -0.39 is 16.0 Å². The molecule has 0 amide bonds. The van der Waals surface area contributed by atoms with Crippen LogP contribution in [0.5, 0.6) is 0 Å². The molecule has 0 atom stereocenters. The third-order valence-corrected chi connectivity index (χ3v) is 3.80. The van der Waals surface area contributed by atoms with Crippen LogP contribution in [-0.2, 0) is 21.2 Å². The smallest absolute Gasteiger partial charge is 0.341 e. The zero-order valence-corrected chi connectivity index (χ0v) is 11.6. The third-order valence-electron chi connectivity index (χ3n) is 1.91. The van der Waals surface area contributed by atoms with E-state index in [0.717, 1.165) is 17.6 Å². The summed E-state index contributed by atoms with van der Waals surface area (Å²) in [6.07, 6.45) is 1.79. The van der Waals surface area contributed by atoms with Crippen LogP contribution in [0.4, 0.5) is 5.00 Å². The first-order valence-corrected chi connectivity index (χ1v) is 7.85. The Bertz CT molecular complexity index is 504. The minimum Gasteiger partial charge on any atom is -0.462 e. The van der Waals surface area contributed by atoms with Crippen molar-refractivity contribution in [3.05, 3.63) is 16.5 Å². The molecule has 0 radical (unpaired) electrons. The van der Waals surface area contributed by atoms with Crippen molar-refractivity contribution in [2.24, 2.45) is 0 Å². The van der Waals surface area contributed by atoms with Gasteiger partial charge < -0.3 is 4.74 Å². The van der Waals surface area contributed by atoms with E-state index in [0.29, 0.717) is 5.00 Å². The molecule has 0 aliphatic carbocycles. The van der Waals surface area contributed by atoms with Crippen molar-refractivity contribution in [1.82, 2.24) is 0 Å². The number of hydrogen-bond acceptors (Lipinski definition) is 5. The number of ether oxygens (including phenoxy) is 1. The van der Waals surface area contributed by atoms with Crippen LogP contribution in [0, 0.1) is 0 Å². The second kappa shape index (κ2) is 5.50. The lowest BCUT2D eigenvalue weighted by Crippen LogP contribution is -2.12. The van der Waals surface area contributed by atoms with Gasteiger partial charge in [-0.05, 0) is 19.4 Å². The molecule has 5 nitrogen and oxygen atoms in total. The van der Waals surface area contributed by atoms with Gasteiger partial charge in [0.1, 0.15) is 5.00 Å². The van der Waals surface area contributed by atoms with Crippen LogP contribution in [-0.4, -0.2) is 27.2 Å². The number of aryl methyl sites for hydroxylation is 1. The van der Waals surface area contributed by atoms with Gasteiger partial charge in [-0.25, -0.2) is 13.2 Å². The molecule has 0 aliphatic heterocycles. The summed E-state index contributed by atoms with van der Waals surface area (Å²) in [7, 11) is -3.39. The molecule has 0 fully saturated rings. The molecule has 0 saturated carbocycles. The van der Waals surface area contributed by atoms with Crippen molar-refractivity contribution in [3.8, 4) is 0 Å². The van der Waals surface area contributed by atoms with Gasteiger partial charge in [-0.3, -0.25) is 4.72 Å². The minimum atomic E-state index is -3.39. The number of rotatable bonds is 5. The van der Waals surface area contributed by atoms with E-state index in [1.165, 1.54) is 11.3 Å². The minimum absolute atomic E-state index is 0.258. The maximum absolute atomic E-state index is 11.6. The van der Waals surface area contributed by atoms with E-state index in [4.69, 9.17) is 4.74 Å². The Kier molecular flexibility index (Phi) is 4.53. The van der Waals surface area contributed by atoms with Crippen molar-refractivity contribution in [3.63, 3.8) is 0 Å². The van der Waals surface area contributed by atoms with Crippen LogP contribution in [0.25, 0.3) is 0 Å². The van der Waals surface area contributed by atoms with Gasteiger partial charge in [0.25, 0.3) is 0 Å². The summed E-state index contributed by atoms with van der Waals surface area (Å²) in [6, 6.07) is 1.66. The Morgan fingerprint density at radius 2 is 2.12 bits per heavy atom. The van der Waals surface area contributed by atoms with Crippen molar-refractivity contribution >= 4 is 32.3 Å². The van der Waals surface area contributed by atoms with E-state index >= 15 is 0 Å². The summed E-state index contributed by atoms with van der Waals surface area (Å²) in [5.74, 6) is -0.505. The summed E-state index contributed by atoms with van der Waals surface area (Å²) in [5.41, 5.74) is 0.277. The van der Waals surface area contributed by atoms with Crippen LogP contribution in [0.2, 0.25) is 0 Å². The standard InChI is InChI=1S/C10H15NO4S2/c1-4-7-6-8(10(12)15-5-2)9(16-7)11-17(3,13)14/h6,11H,4-5H2,1-3H3. The number of carbonyl (C=O) groups is 1. The van der Waals surface area contributed by atoms with Crippen LogP contribution >= 0.6 is 11.3 Å². The largest absolute Gasteiger partial charge is 0.462 e. The van der Waals surface area contributed by atoms with Crippen LogP contribution in [0.1, 0.15) is 29.1 Å². The molecule has 0 aromatic carbocycles. The highest BCUT2D eigenvalue weighted by Gasteiger charge is 2.18. The highest BCUT2D eigenvalue weighted by Crippen LogP contribution is 2.29. The fraction of sp³-hybridized carbons (Fsp3) is 0.500. The van der Waals surface area contributed by atoms with Crippen molar-refractivity contribution in [2.75, 3.05) is 17.6 Å². The maximum atomic E-state index is 11.6. The fourth-order valence-corrected chi connectivity index (χ4v) is 3.12. The summed E-state index contributed by atoms with van der Waals surface area (Å²) in [6.45, 7) is 3.90. The first-order chi connectivity index (χ1) is 7.87. The maximum Gasteiger partial charge on any atom is 0.341 e. The second-order valence-corrected chi connectivity index (χ2v) is 6.29. The molecule has 1 N–H and O–H groups in total. The average molecular weight is 277 g/mol. The van der Waals surface area contributed by atoms with E-state index in [9.17, 15) is 13.2 Å². The molecular weight excluding hydrogens is 262 g/mol. The first kappa shape index (κ1) is 14.0. The monoisotopic (exact) mass is 277 g/mol. The number of esters is 1. The Labute approximate surface area is 105 Å². The van der Waals surface area contributed by atoms with Gasteiger partial charge in [-0.1, -0.05) is 6.92 Å². The molecule has 1 aromatic heterocycles. The van der Waals surface area contributed by atoms with Gasteiger partial charge in [-0.2, -0.15) is 0 Å². The molecule has 96 valence electrons. The Morgan fingerprint density at radius 3 is 2.59 bits per heavy atom. The predicted octanol–water partition coefficient (Wildman–Crippen LogP) is 1.86. The predicted molar refractivity (Wildman–Crippen MR) is 68.1 cm³/mol. The Balaban J connectivity index is 3.10. The molecule has 17 heavy (non-hydrogen) atoms. The topological polar surface area (TPSA) is 72.5 Å². The van der Waals surface area contributed by atoms with E-state index in [2.05, 4.69) is 4.72 Å². The average Bonchev–Trinajstić information content (AvgIpc) is 2.58. The summed E-state index contributed by atoms with van der Waals surface area (Å²) < 4.78 is 29.6. The van der Waals surface area contributed by atoms with Crippen molar-refractivity contribution in [2.45, 2.75) is 20.3 Å². The molecule has 0 bridgehead atoms. The summed E-state index contributed by atoms with van der Waals surface area (Å²) in [5, 5.41) is 0.322. The quantitative estimate of drug-likeness (QED) is 0.834. The van der Waals surface area contributed by atoms with Crippen LogP contribution in [0.15, 0.2) is 6.07 Å². The third kappa shape index (κ3) is 4.01. The number of nitrogens with one attached hydrogen (secondary N) is 1. The fourth-order valence-electron chi connectivity index (χ4n) is 1.22. The number of thiophene rings is 1. The lowest BCUT2D eigenvalue weighted by atomic mass is 10.2. The number of anilines is 1. The molecule has 0 saturated heterocycles. The first-order valence-electron chi connectivity index (χ1n) is 5.15. The van der Waals surface area contributed by atoms with E-state index in [1.807, 2.05) is 6.92 Å². The van der Waals surface area contributed by atoms with Gasteiger partial charge in [0.15, 0.2) is 0 Å². The van der Waals surface area contributed by atoms with Gasteiger partial charge in [0.2, 0.25) is 10.0 Å². The number of carbonyl (C=O) groups excluding carboxylic acids is 1. The molecule has 0 unspecified atom stereocenters. The number of hydrogen-bond donors (Lipinski definition) is 1. The highest BCUT2D eigenvalue weighted by atomic mass is 32.2.